The minimum atomic E-state index is -4.69. The summed E-state index contributed by atoms with van der Waals surface area (Å²) in [7, 11) is 0. The topological polar surface area (TPSA) is 149 Å². The fraction of sp³-hybridized carbons (Fsp3) is 0.429. The van der Waals surface area contributed by atoms with Gasteiger partial charge in [-0.1, -0.05) is 18.2 Å². The predicted octanol–water partition coefficient (Wildman–Crippen LogP) is 6.87. The number of carbonyl (C=O) groups is 3. The third-order valence-corrected chi connectivity index (χ3v) is 11.7. The minimum Gasteiger partial charge on any atom is -0.386 e. The Labute approximate surface area is 333 Å². The van der Waals surface area contributed by atoms with Gasteiger partial charge in [0.25, 0.3) is 5.91 Å². The maximum Gasteiger partial charge on any atom is 0.433 e. The molecule has 0 bridgehead atoms. The molecule has 16 heteroatoms. The number of carbonyl (C=O) groups excluding carboxylic acids is 3. The first-order valence-corrected chi connectivity index (χ1v) is 19.7. The highest BCUT2D eigenvalue weighted by Gasteiger charge is 2.34. The van der Waals surface area contributed by atoms with Crippen molar-refractivity contribution in [2.45, 2.75) is 76.7 Å². The number of pyridine rings is 2. The van der Waals surface area contributed by atoms with Crippen molar-refractivity contribution in [1.82, 2.24) is 30.0 Å². The average molecular weight is 798 g/mol. The Hall–Kier alpha value is -5.61. The molecule has 0 radical (unpaired) electrons. The number of benzene rings is 2. The van der Waals surface area contributed by atoms with Crippen molar-refractivity contribution in [1.29, 1.82) is 0 Å². The number of hydrogen-bond acceptors (Lipinski definition) is 9. The normalized spacial score (nSPS) is 21.1. The SMILES string of the molecule is C[C@@H]1CN(C[C@H]2CC[C@H](n3cc4cc(NC(=O)c5cccc(C(F)(F)F)n5)c(C(C)(C)O)cc4n3)CC2)CCN1c1cccc2c(N3CCC(=O)NC3=O)cncc12. The molecule has 58 heavy (non-hydrogen) atoms. The first-order chi connectivity index (χ1) is 27.6. The van der Waals surface area contributed by atoms with Crippen molar-refractivity contribution in [2.24, 2.45) is 5.92 Å². The van der Waals surface area contributed by atoms with Gasteiger partial charge in [0.2, 0.25) is 5.91 Å². The maximum atomic E-state index is 13.3. The van der Waals surface area contributed by atoms with Crippen molar-refractivity contribution in [2.75, 3.05) is 47.8 Å². The van der Waals surface area contributed by atoms with E-state index in [9.17, 15) is 32.7 Å². The number of halogens is 3. The van der Waals surface area contributed by atoms with Crippen LogP contribution in [-0.4, -0.2) is 86.4 Å². The molecule has 1 saturated carbocycles. The zero-order valence-corrected chi connectivity index (χ0v) is 32.6. The molecular formula is C42H46F3N9O4. The Kier molecular flexibility index (Phi) is 10.3. The van der Waals surface area contributed by atoms with Gasteiger partial charge in [-0.25, -0.2) is 9.78 Å². The standard InChI is InChI=1S/C42H46F3N9O4/c1-25-22-51(16-17-52(25)35-8-4-6-29-30(35)20-46-21-36(29)53-15-14-38(55)49-40(53)57)23-26-10-12-28(13-11-26)54-24-27-18-34(31(41(2,3)58)19-33(27)50-54)48-39(56)32-7-5-9-37(47-32)42(43,44)45/h4-9,18-21,24-26,28,58H,10-17,22-23H2,1-3H3,(H,48,56)(H,49,55,57)/t25-,26-,28-/m1/s1. The van der Waals surface area contributed by atoms with E-state index < -0.39 is 29.4 Å². The number of nitrogens with one attached hydrogen (secondary N) is 2. The number of piperazine rings is 1. The van der Waals surface area contributed by atoms with E-state index in [1.165, 1.54) is 6.07 Å². The number of fused-ring (bicyclic) bond motifs is 2. The van der Waals surface area contributed by atoms with E-state index in [0.717, 1.165) is 85.8 Å². The number of aliphatic hydroxyl groups is 1. The third-order valence-electron chi connectivity index (χ3n) is 11.7. The number of hydrogen-bond donors (Lipinski definition) is 3. The van der Waals surface area contributed by atoms with Gasteiger partial charge in [-0.05, 0) is 82.7 Å². The second-order valence-corrected chi connectivity index (χ2v) is 16.2. The van der Waals surface area contributed by atoms with Crippen molar-refractivity contribution >= 4 is 56.6 Å². The van der Waals surface area contributed by atoms with Gasteiger partial charge >= 0.3 is 12.2 Å². The van der Waals surface area contributed by atoms with Crippen molar-refractivity contribution in [3.8, 4) is 0 Å². The lowest BCUT2D eigenvalue weighted by Crippen LogP contribution is -2.53. The highest BCUT2D eigenvalue weighted by Crippen LogP contribution is 2.38. The predicted molar refractivity (Wildman–Crippen MR) is 214 cm³/mol. The van der Waals surface area contributed by atoms with Crippen LogP contribution in [0.3, 0.4) is 0 Å². The molecule has 2 saturated heterocycles. The lowest BCUT2D eigenvalue weighted by Gasteiger charge is -2.43. The molecule has 8 rings (SSSR count). The maximum absolute atomic E-state index is 13.3. The van der Waals surface area contributed by atoms with E-state index in [2.05, 4.69) is 43.4 Å². The molecule has 0 spiro atoms. The molecule has 5 aromatic rings. The van der Waals surface area contributed by atoms with Gasteiger partial charge in [0, 0.05) is 90.7 Å². The zero-order valence-electron chi connectivity index (χ0n) is 32.6. The number of alkyl halides is 3. The molecule has 2 aromatic carbocycles. The van der Waals surface area contributed by atoms with Crippen LogP contribution in [0.4, 0.5) is 35.0 Å². The Morgan fingerprint density at radius 1 is 0.966 bits per heavy atom. The first kappa shape index (κ1) is 39.2. The summed E-state index contributed by atoms with van der Waals surface area (Å²) in [4.78, 5) is 52.1. The molecule has 2 aliphatic heterocycles. The van der Waals surface area contributed by atoms with Crippen LogP contribution < -0.4 is 20.4 Å². The number of amides is 4. The second kappa shape index (κ2) is 15.3. The van der Waals surface area contributed by atoms with E-state index in [-0.39, 0.29) is 35.8 Å². The van der Waals surface area contributed by atoms with Crippen LogP contribution in [0.25, 0.3) is 21.7 Å². The zero-order chi connectivity index (χ0) is 40.9. The van der Waals surface area contributed by atoms with E-state index in [1.54, 1.807) is 37.1 Å². The summed E-state index contributed by atoms with van der Waals surface area (Å²) in [6.45, 7) is 9.40. The first-order valence-electron chi connectivity index (χ1n) is 19.7. The highest BCUT2D eigenvalue weighted by atomic mass is 19.4. The summed E-state index contributed by atoms with van der Waals surface area (Å²) < 4.78 is 41.8. The van der Waals surface area contributed by atoms with Crippen LogP contribution in [0, 0.1) is 5.92 Å². The molecule has 3 aromatic heterocycles. The summed E-state index contributed by atoms with van der Waals surface area (Å²) in [6, 6.07) is 12.7. The van der Waals surface area contributed by atoms with Gasteiger partial charge in [0.1, 0.15) is 11.4 Å². The fourth-order valence-electron chi connectivity index (χ4n) is 8.73. The van der Waals surface area contributed by atoms with Crippen LogP contribution in [0.1, 0.15) is 80.7 Å². The smallest absolute Gasteiger partial charge is 0.386 e. The molecule has 13 nitrogen and oxygen atoms in total. The monoisotopic (exact) mass is 797 g/mol. The van der Waals surface area contributed by atoms with E-state index in [0.29, 0.717) is 29.2 Å². The Morgan fingerprint density at radius 3 is 2.47 bits per heavy atom. The quantitative estimate of drug-likeness (QED) is 0.153. The fourth-order valence-corrected chi connectivity index (χ4v) is 8.73. The number of rotatable bonds is 8. The number of imide groups is 1. The van der Waals surface area contributed by atoms with Gasteiger partial charge in [-0.3, -0.25) is 34.4 Å². The molecule has 1 aliphatic carbocycles. The number of anilines is 3. The number of nitrogens with zero attached hydrogens (tertiary/aromatic N) is 7. The van der Waals surface area contributed by atoms with Crippen molar-refractivity contribution in [3.05, 3.63) is 84.1 Å². The number of aromatic nitrogens is 4. The van der Waals surface area contributed by atoms with Gasteiger partial charge in [-0.2, -0.15) is 18.3 Å². The minimum absolute atomic E-state index is 0.179. The molecule has 0 unspecified atom stereocenters. The molecule has 304 valence electrons. The van der Waals surface area contributed by atoms with Crippen LogP contribution in [0.2, 0.25) is 0 Å². The molecule has 3 N–H and O–H groups in total. The number of urea groups is 1. The van der Waals surface area contributed by atoms with E-state index >= 15 is 0 Å². The van der Waals surface area contributed by atoms with Gasteiger partial charge in [0.05, 0.1) is 29.0 Å². The van der Waals surface area contributed by atoms with E-state index in [1.807, 2.05) is 29.2 Å². The lowest BCUT2D eigenvalue weighted by atomic mass is 9.85. The van der Waals surface area contributed by atoms with Crippen LogP contribution in [0.5, 0.6) is 0 Å². The van der Waals surface area contributed by atoms with Gasteiger partial charge in [0.15, 0.2) is 0 Å². The Balaban J connectivity index is 0.902. The summed E-state index contributed by atoms with van der Waals surface area (Å²) >= 11 is 0. The molecular weight excluding hydrogens is 752 g/mol. The summed E-state index contributed by atoms with van der Waals surface area (Å²) in [6.07, 6.45) is 5.01. The molecule has 3 aliphatic rings. The van der Waals surface area contributed by atoms with Gasteiger partial charge in [-0.15, -0.1) is 0 Å². The average Bonchev–Trinajstić information content (AvgIpc) is 3.60. The summed E-state index contributed by atoms with van der Waals surface area (Å²) in [5, 5.41) is 23.6. The van der Waals surface area contributed by atoms with Crippen LogP contribution in [0.15, 0.2) is 67.1 Å². The molecule has 3 fully saturated rings. The Bertz CT molecular complexity index is 2390. The highest BCUT2D eigenvalue weighted by molar-refractivity contribution is 6.11. The van der Waals surface area contributed by atoms with Crippen molar-refractivity contribution in [3.63, 3.8) is 0 Å². The van der Waals surface area contributed by atoms with Crippen LogP contribution in [-0.2, 0) is 16.6 Å². The lowest BCUT2D eigenvalue weighted by molar-refractivity contribution is -0.141. The van der Waals surface area contributed by atoms with Crippen molar-refractivity contribution < 1.29 is 32.7 Å². The second-order valence-electron chi connectivity index (χ2n) is 16.2. The third kappa shape index (κ3) is 7.94. The van der Waals surface area contributed by atoms with Crippen LogP contribution >= 0.6 is 0 Å². The summed E-state index contributed by atoms with van der Waals surface area (Å²) in [5.74, 6) is -0.548. The molecule has 5 heterocycles. The van der Waals surface area contributed by atoms with Gasteiger partial charge < -0.3 is 15.3 Å². The largest absolute Gasteiger partial charge is 0.433 e. The molecule has 1 atom stereocenters. The molecule has 4 amide bonds. The summed E-state index contributed by atoms with van der Waals surface area (Å²) in [5.41, 5.74) is 0.146. The Morgan fingerprint density at radius 2 is 1.74 bits per heavy atom. The van der Waals surface area contributed by atoms with E-state index in [4.69, 9.17) is 5.10 Å².